The summed E-state index contributed by atoms with van der Waals surface area (Å²) in [4.78, 5) is 0. The van der Waals surface area contributed by atoms with Crippen LogP contribution in [0.15, 0.2) is 35.3 Å². The minimum Gasteiger partial charge on any atom is -0.377 e. The van der Waals surface area contributed by atoms with E-state index < -0.39 is 0 Å². The summed E-state index contributed by atoms with van der Waals surface area (Å²) in [6.45, 7) is 4.35. The lowest BCUT2D eigenvalue weighted by Crippen LogP contribution is -2.20. The van der Waals surface area contributed by atoms with Gasteiger partial charge in [0.05, 0.1) is 5.70 Å². The average Bonchev–Trinajstić information content (AvgIpc) is 2.30. The molecular weight excluding hydrogens is 136 g/mol. The zero-order chi connectivity index (χ0) is 7.84. The van der Waals surface area contributed by atoms with Crippen molar-refractivity contribution < 1.29 is 0 Å². The third-order valence-electron chi connectivity index (χ3n) is 2.31. The Morgan fingerprint density at radius 3 is 3.00 bits per heavy atom. The molecule has 2 N–H and O–H groups in total. The van der Waals surface area contributed by atoms with E-state index in [9.17, 15) is 0 Å². The third-order valence-corrected chi connectivity index (χ3v) is 2.31. The molecule has 0 fully saturated rings. The zero-order valence-corrected chi connectivity index (χ0v) is 6.81. The number of hydrogen-bond acceptors (Lipinski definition) is 2. The van der Waals surface area contributed by atoms with Crippen molar-refractivity contribution in [3.63, 3.8) is 0 Å². The molecule has 0 aliphatic carbocycles. The van der Waals surface area contributed by atoms with Crippen molar-refractivity contribution in [1.82, 2.24) is 10.6 Å². The van der Waals surface area contributed by atoms with E-state index in [1.54, 1.807) is 0 Å². The van der Waals surface area contributed by atoms with Crippen LogP contribution >= 0.6 is 0 Å². The van der Waals surface area contributed by atoms with Gasteiger partial charge >= 0.3 is 0 Å². The van der Waals surface area contributed by atoms with Crippen LogP contribution in [0.3, 0.4) is 0 Å². The van der Waals surface area contributed by atoms with E-state index in [1.165, 1.54) is 16.8 Å². The molecule has 2 rings (SSSR count). The molecule has 0 bridgehead atoms. The van der Waals surface area contributed by atoms with Crippen LogP contribution in [-0.2, 0) is 0 Å². The van der Waals surface area contributed by atoms with Gasteiger partial charge in [-0.1, -0.05) is 0 Å². The first-order chi connectivity index (χ1) is 5.29. The van der Waals surface area contributed by atoms with Gasteiger partial charge < -0.3 is 10.6 Å². The van der Waals surface area contributed by atoms with Gasteiger partial charge in [0, 0.05) is 24.0 Å². The highest BCUT2D eigenvalue weighted by molar-refractivity contribution is 5.50. The van der Waals surface area contributed by atoms with E-state index in [1.807, 2.05) is 12.4 Å². The Hall–Kier alpha value is -1.18. The van der Waals surface area contributed by atoms with Gasteiger partial charge in [0.15, 0.2) is 0 Å². The molecule has 11 heavy (non-hydrogen) atoms. The molecule has 2 aliphatic heterocycles. The first-order valence-electron chi connectivity index (χ1n) is 3.89. The first kappa shape index (κ1) is 6.53. The predicted molar refractivity (Wildman–Crippen MR) is 45.7 cm³/mol. The fourth-order valence-electron chi connectivity index (χ4n) is 1.47. The maximum Gasteiger partial charge on any atom is 0.0582 e. The van der Waals surface area contributed by atoms with Gasteiger partial charge in [-0.05, 0) is 25.5 Å². The Labute approximate surface area is 66.7 Å². The summed E-state index contributed by atoms with van der Waals surface area (Å²) >= 11 is 0. The van der Waals surface area contributed by atoms with Gasteiger partial charge in [0.2, 0.25) is 0 Å². The molecule has 1 unspecified atom stereocenters. The van der Waals surface area contributed by atoms with Crippen LogP contribution in [0.25, 0.3) is 0 Å². The van der Waals surface area contributed by atoms with Crippen LogP contribution in [0, 0.1) is 0 Å². The molecular formula is C9H12N2. The van der Waals surface area contributed by atoms with Gasteiger partial charge in [-0.15, -0.1) is 0 Å². The zero-order valence-electron chi connectivity index (χ0n) is 6.81. The molecule has 0 saturated heterocycles. The van der Waals surface area contributed by atoms with Crippen LogP contribution in [0.1, 0.15) is 13.8 Å². The van der Waals surface area contributed by atoms with Crippen molar-refractivity contribution in [2.45, 2.75) is 19.9 Å². The van der Waals surface area contributed by atoms with Crippen LogP contribution in [0.2, 0.25) is 0 Å². The van der Waals surface area contributed by atoms with Crippen LogP contribution < -0.4 is 10.6 Å². The summed E-state index contributed by atoms with van der Waals surface area (Å²) in [6, 6.07) is 0.487. The highest BCUT2D eigenvalue weighted by Crippen LogP contribution is 2.25. The number of nitrogens with one attached hydrogen (secondary N) is 2. The molecule has 0 amide bonds. The number of fused-ring (bicyclic) bond motifs is 1. The van der Waals surface area contributed by atoms with Gasteiger partial charge in [0.1, 0.15) is 0 Å². The van der Waals surface area contributed by atoms with Crippen LogP contribution in [0.5, 0.6) is 0 Å². The Morgan fingerprint density at radius 1 is 1.45 bits per heavy atom. The van der Waals surface area contributed by atoms with Gasteiger partial charge in [-0.25, -0.2) is 0 Å². The summed E-state index contributed by atoms with van der Waals surface area (Å²) < 4.78 is 0. The van der Waals surface area contributed by atoms with Gasteiger partial charge in [0.25, 0.3) is 0 Å². The SMILES string of the molecule is CC1=C2C=CNC=C2NC1C. The minimum atomic E-state index is 0.487. The number of rotatable bonds is 0. The van der Waals surface area contributed by atoms with Gasteiger partial charge in [-0.3, -0.25) is 0 Å². The normalized spacial score (nSPS) is 27.5. The lowest BCUT2D eigenvalue weighted by atomic mass is 10.1. The molecule has 2 nitrogen and oxygen atoms in total. The Morgan fingerprint density at radius 2 is 2.27 bits per heavy atom. The second-order valence-corrected chi connectivity index (χ2v) is 3.02. The molecule has 0 aromatic carbocycles. The molecule has 0 radical (unpaired) electrons. The summed E-state index contributed by atoms with van der Waals surface area (Å²) in [5, 5.41) is 6.44. The van der Waals surface area contributed by atoms with Crippen LogP contribution in [0.4, 0.5) is 0 Å². The first-order valence-corrected chi connectivity index (χ1v) is 3.89. The molecule has 2 heterocycles. The highest BCUT2D eigenvalue weighted by atomic mass is 15.0. The molecule has 58 valence electrons. The number of dihydropyridines is 1. The van der Waals surface area contributed by atoms with Crippen molar-refractivity contribution in [3.05, 3.63) is 35.3 Å². The van der Waals surface area contributed by atoms with E-state index in [4.69, 9.17) is 0 Å². The third kappa shape index (κ3) is 0.862. The molecule has 2 aliphatic rings. The average molecular weight is 148 g/mol. The van der Waals surface area contributed by atoms with E-state index in [0.29, 0.717) is 6.04 Å². The van der Waals surface area contributed by atoms with Crippen LogP contribution in [-0.4, -0.2) is 6.04 Å². The summed E-state index contributed by atoms with van der Waals surface area (Å²) in [5.74, 6) is 0. The van der Waals surface area contributed by atoms with E-state index in [0.717, 1.165) is 0 Å². The molecule has 2 heteroatoms. The molecule has 1 atom stereocenters. The Kier molecular flexibility index (Phi) is 1.28. The summed E-state index contributed by atoms with van der Waals surface area (Å²) in [7, 11) is 0. The summed E-state index contributed by atoms with van der Waals surface area (Å²) in [6.07, 6.45) is 6.07. The lowest BCUT2D eigenvalue weighted by Gasteiger charge is -2.08. The number of allylic oxidation sites excluding steroid dienone is 1. The van der Waals surface area contributed by atoms with Crippen molar-refractivity contribution in [1.29, 1.82) is 0 Å². The lowest BCUT2D eigenvalue weighted by molar-refractivity contribution is 0.740. The second kappa shape index (κ2) is 2.16. The van der Waals surface area contributed by atoms with E-state index in [-0.39, 0.29) is 0 Å². The summed E-state index contributed by atoms with van der Waals surface area (Å²) in [5.41, 5.74) is 3.99. The molecule has 0 saturated carbocycles. The topological polar surface area (TPSA) is 24.1 Å². The minimum absolute atomic E-state index is 0.487. The highest BCUT2D eigenvalue weighted by Gasteiger charge is 2.21. The smallest absolute Gasteiger partial charge is 0.0582 e. The molecule has 0 aromatic heterocycles. The number of hydrogen-bond donors (Lipinski definition) is 2. The maximum absolute atomic E-state index is 3.38. The quantitative estimate of drug-likeness (QED) is 0.540. The van der Waals surface area contributed by atoms with Crippen molar-refractivity contribution >= 4 is 0 Å². The molecule has 0 aromatic rings. The van der Waals surface area contributed by atoms with Crippen molar-refractivity contribution in [3.8, 4) is 0 Å². The maximum atomic E-state index is 3.38. The van der Waals surface area contributed by atoms with Gasteiger partial charge in [-0.2, -0.15) is 0 Å². The Bertz CT molecular complexity index is 271. The fourth-order valence-corrected chi connectivity index (χ4v) is 1.47. The fraction of sp³-hybridized carbons (Fsp3) is 0.333. The predicted octanol–water partition coefficient (Wildman–Crippen LogP) is 1.25. The van der Waals surface area contributed by atoms with Crippen molar-refractivity contribution in [2.75, 3.05) is 0 Å². The molecule has 0 spiro atoms. The van der Waals surface area contributed by atoms with E-state index >= 15 is 0 Å². The van der Waals surface area contributed by atoms with Crippen molar-refractivity contribution in [2.24, 2.45) is 0 Å². The van der Waals surface area contributed by atoms with E-state index in [2.05, 4.69) is 30.6 Å². The largest absolute Gasteiger partial charge is 0.377 e. The second-order valence-electron chi connectivity index (χ2n) is 3.02. The standard InChI is InChI=1S/C9H12N2/c1-6-7(2)11-9-5-10-4-3-8(6)9/h3-5,7,10-11H,1-2H3. The Balaban J connectivity index is 2.44. The monoisotopic (exact) mass is 148 g/mol.